The van der Waals surface area contributed by atoms with E-state index in [0.717, 1.165) is 39.3 Å². The van der Waals surface area contributed by atoms with Crippen LogP contribution in [0.2, 0.25) is 15.1 Å². The van der Waals surface area contributed by atoms with E-state index in [2.05, 4.69) is 83.4 Å². The fourth-order valence-electron chi connectivity index (χ4n) is 11.2. The second-order valence-corrected chi connectivity index (χ2v) is 35.2. The van der Waals surface area contributed by atoms with E-state index in [0.29, 0.717) is 104 Å². The quantitative estimate of drug-likeness (QED) is 0.0221. The molecule has 0 aliphatic rings. The average Bonchev–Trinajstić information content (AvgIpc) is 1.58. The van der Waals surface area contributed by atoms with E-state index in [9.17, 15) is 64.0 Å². The molecular formula is C85H66BrCl3F2N18O12S6. The number of aliphatic imine (C=N–C) groups is 1. The molecule has 42 heteroatoms. The Morgan fingerprint density at radius 2 is 0.709 bits per heavy atom. The Labute approximate surface area is 762 Å². The van der Waals surface area contributed by atoms with Crippen LogP contribution in [0.4, 0.5) is 54.8 Å². The largest absolute Gasteiger partial charge is 0.384 e. The molecule has 6 aromatic carbocycles. The van der Waals surface area contributed by atoms with E-state index in [1.54, 1.807) is 200 Å². The maximum absolute atomic E-state index is 14.5. The van der Waals surface area contributed by atoms with Crippen LogP contribution < -0.4 is 58.5 Å². The Hall–Kier alpha value is -13.6. The molecule has 14 rings (SSSR count). The van der Waals surface area contributed by atoms with Gasteiger partial charge in [0.05, 0.1) is 58.7 Å². The van der Waals surface area contributed by atoms with Gasteiger partial charge in [0, 0.05) is 83.8 Å². The molecule has 0 atom stereocenters. The molecule has 30 nitrogen and oxygen atoms in total. The highest BCUT2D eigenvalue weighted by atomic mass is 79.9. The minimum atomic E-state index is -3.91. The zero-order chi connectivity index (χ0) is 91.4. The zero-order valence-electron chi connectivity index (χ0n) is 65.8. The molecule has 14 aromatic rings. The highest BCUT2D eigenvalue weighted by Gasteiger charge is 2.26. The van der Waals surface area contributed by atoms with Crippen LogP contribution in [-0.2, 0) is 20.0 Å². The number of nitrogens with zero attached hydrogens (tertiary/aromatic N) is 6. The lowest BCUT2D eigenvalue weighted by atomic mass is 10.0. The van der Waals surface area contributed by atoms with Crippen LogP contribution in [0.25, 0.3) is 22.3 Å². The molecule has 0 radical (unpaired) electrons. The van der Waals surface area contributed by atoms with Crippen molar-refractivity contribution in [3.63, 3.8) is 0 Å². The Morgan fingerprint density at radius 3 is 1.01 bits per heavy atom. The van der Waals surface area contributed by atoms with E-state index in [1.165, 1.54) is 89.6 Å². The molecule has 646 valence electrons. The third kappa shape index (κ3) is 25.4. The smallest absolute Gasteiger partial charge is 0.269 e. The number of carbonyl (C=O) groups excluding carboxylic acids is 8. The molecule has 0 unspecified atom stereocenters. The minimum Gasteiger partial charge on any atom is -0.384 e. The Kier molecular flexibility index (Phi) is 31.8. The SMILES string of the molecule is CN(C)C(=N)c1ccc(C(=O)Nc2ccsc2C(=O)Nc2ccc(Cl)cn2)c(F)c1.CN=C(N)c1ccc(C(=O)Nc2ccsc2C(=O)Nc2ccc(Cl)cn2)c(F)c1.NS(=O)(=O)c1ccccc1-c1ccc(C(=O)Nc2ccsc2C(=O)Nc2ccc(Br)cn2)cc1.NS(=O)(=O)c1ccccc1-c1ccc(C(=O)Nc2ccsc2C(=O)Nc2ccc(Cl)cn2)cc1. The first-order chi connectivity index (χ1) is 60.6. The number of anilines is 8. The first kappa shape index (κ1) is 94.1. The van der Waals surface area contributed by atoms with Gasteiger partial charge in [-0.15, -0.1) is 45.3 Å². The fourth-order valence-corrected chi connectivity index (χ4v) is 16.3. The number of hydrogen-bond donors (Lipinski definition) is 12. The van der Waals surface area contributed by atoms with Crippen LogP contribution >= 0.6 is 96.1 Å². The van der Waals surface area contributed by atoms with Crippen molar-refractivity contribution in [2.24, 2.45) is 21.0 Å². The monoisotopic (exact) mass is 1940 g/mol. The van der Waals surface area contributed by atoms with Crippen molar-refractivity contribution in [3.8, 4) is 22.3 Å². The standard InChI is InChI=1S/C23H17BrN4O4S2.C23H17ClN4O4S2.C20H17ClFN5O2S.C19H15ClFN5O2S/c2*24-16-9-10-20(26-13-16)28-23(30)21-18(11-12-33-21)27-22(29)15-7-5-14(6-8-15)17-3-1-2-4-19(17)34(25,31)32;1-27(2)18(23)11-3-5-13(14(22)9-11)19(28)25-15-7-8-30-17(15)20(29)26-16-6-4-12(21)10-24-16;1-23-17(22)10-2-4-12(13(21)8-10)18(27)25-14-6-7-29-16(14)19(28)26-15-5-3-11(20)9-24-15/h2*1-13H,(H,27,29)(H2,25,31,32)(H,26,28,30);3-10,23H,1-2H3,(H,25,28)(H,24,26,29);2-9H,1H3,(H2,22,23)(H,25,27)(H,24,26,28). The van der Waals surface area contributed by atoms with Gasteiger partial charge in [0.25, 0.3) is 47.3 Å². The number of benzene rings is 6. The lowest BCUT2D eigenvalue weighted by Gasteiger charge is -2.14. The minimum absolute atomic E-state index is 0.00129. The first-order valence-corrected chi connectivity index (χ1v) is 44.9. The van der Waals surface area contributed by atoms with Crippen LogP contribution in [0, 0.1) is 17.0 Å². The highest BCUT2D eigenvalue weighted by Crippen LogP contribution is 2.33. The summed E-state index contributed by atoms with van der Waals surface area (Å²) in [5, 5.41) is 47.7. The first-order valence-electron chi connectivity index (χ1n) is 36.4. The van der Waals surface area contributed by atoms with Crippen molar-refractivity contribution in [2.75, 3.05) is 63.7 Å². The lowest BCUT2D eigenvalue weighted by molar-refractivity contribution is 0.101. The maximum atomic E-state index is 14.5. The van der Waals surface area contributed by atoms with Crippen molar-refractivity contribution < 1.29 is 64.0 Å². The van der Waals surface area contributed by atoms with Gasteiger partial charge in [0.15, 0.2) is 0 Å². The topological polar surface area (TPSA) is 470 Å². The predicted octanol–water partition coefficient (Wildman–Crippen LogP) is 17.4. The summed E-state index contributed by atoms with van der Waals surface area (Å²) in [5.74, 6) is -3.90. The maximum Gasteiger partial charge on any atom is 0.269 e. The second-order valence-electron chi connectivity index (χ2n) is 26.2. The van der Waals surface area contributed by atoms with Crippen molar-refractivity contribution in [1.82, 2.24) is 24.8 Å². The van der Waals surface area contributed by atoms with Crippen molar-refractivity contribution in [1.29, 1.82) is 5.41 Å². The number of hydrogen-bond acceptors (Lipinski definition) is 22. The number of sulfonamides is 2. The molecule has 0 saturated heterocycles. The molecule has 15 N–H and O–H groups in total. The molecular weight excluding hydrogens is 1880 g/mol. The third-order valence-electron chi connectivity index (χ3n) is 17.3. The number of pyridine rings is 4. The number of amidine groups is 2. The van der Waals surface area contributed by atoms with E-state index < -0.39 is 78.9 Å². The number of amides is 8. The molecule has 0 fully saturated rings. The molecule has 127 heavy (non-hydrogen) atoms. The van der Waals surface area contributed by atoms with Gasteiger partial charge in [-0.1, -0.05) is 108 Å². The Bertz CT molecular complexity index is 6530. The summed E-state index contributed by atoms with van der Waals surface area (Å²) in [5.41, 5.74) is 9.94. The fraction of sp³-hybridized carbons (Fsp3) is 0.0353. The van der Waals surface area contributed by atoms with E-state index in [4.69, 9.17) is 56.2 Å². The number of rotatable bonds is 22. The van der Waals surface area contributed by atoms with Crippen molar-refractivity contribution >= 4 is 221 Å². The van der Waals surface area contributed by atoms with Gasteiger partial charge in [-0.3, -0.25) is 48.8 Å². The average molecular weight is 1950 g/mol. The van der Waals surface area contributed by atoms with Crippen LogP contribution in [-0.4, -0.2) is 122 Å². The summed E-state index contributed by atoms with van der Waals surface area (Å²) < 4.78 is 77.1. The highest BCUT2D eigenvalue weighted by molar-refractivity contribution is 9.10. The van der Waals surface area contributed by atoms with E-state index in [1.807, 2.05) is 0 Å². The molecule has 8 heterocycles. The van der Waals surface area contributed by atoms with Crippen LogP contribution in [0.3, 0.4) is 0 Å². The summed E-state index contributed by atoms with van der Waals surface area (Å²) >= 11 is 25.3. The van der Waals surface area contributed by atoms with Crippen LogP contribution in [0.15, 0.2) is 272 Å². The Morgan fingerprint density at radius 1 is 0.402 bits per heavy atom. The summed E-state index contributed by atoms with van der Waals surface area (Å²) in [7, 11) is -2.99. The molecule has 0 bridgehead atoms. The number of nitrogens with one attached hydrogen (secondary N) is 9. The van der Waals surface area contributed by atoms with Crippen molar-refractivity contribution in [3.05, 3.63) is 337 Å². The summed E-state index contributed by atoms with van der Waals surface area (Å²) in [6, 6.07) is 52.6. The van der Waals surface area contributed by atoms with Gasteiger partial charge in [-0.25, -0.2) is 55.8 Å². The molecule has 0 saturated carbocycles. The summed E-state index contributed by atoms with van der Waals surface area (Å²) in [4.78, 5) is 123. The number of primary sulfonamides is 2. The van der Waals surface area contributed by atoms with Gasteiger partial charge in [0.1, 0.15) is 66.1 Å². The summed E-state index contributed by atoms with van der Waals surface area (Å²) in [6.45, 7) is 0. The van der Waals surface area contributed by atoms with Gasteiger partial charge in [0.2, 0.25) is 20.0 Å². The van der Waals surface area contributed by atoms with Crippen LogP contribution in [0.5, 0.6) is 0 Å². The second kappa shape index (κ2) is 42.9. The molecule has 0 aliphatic carbocycles. The Balaban J connectivity index is 0.000000165. The normalized spacial score (nSPS) is 11.0. The van der Waals surface area contributed by atoms with Gasteiger partial charge < -0.3 is 53.2 Å². The van der Waals surface area contributed by atoms with Gasteiger partial charge in [-0.2, -0.15) is 0 Å². The number of thiophene rings is 4. The van der Waals surface area contributed by atoms with Gasteiger partial charge in [-0.05, 0) is 182 Å². The number of halogens is 6. The molecule has 0 spiro atoms. The molecule has 8 amide bonds. The van der Waals surface area contributed by atoms with Gasteiger partial charge >= 0.3 is 0 Å². The molecule has 8 aromatic heterocycles. The van der Waals surface area contributed by atoms with E-state index in [-0.39, 0.29) is 53.7 Å². The predicted molar refractivity (Wildman–Crippen MR) is 497 cm³/mol. The number of aromatic nitrogens is 4. The molecule has 0 aliphatic heterocycles. The zero-order valence-corrected chi connectivity index (χ0v) is 74.5. The third-order valence-corrected chi connectivity index (χ3v) is 24.1. The van der Waals surface area contributed by atoms with Crippen molar-refractivity contribution in [2.45, 2.75) is 9.79 Å². The number of carbonyl (C=O) groups is 8. The lowest BCUT2D eigenvalue weighted by Crippen LogP contribution is -2.22. The summed E-state index contributed by atoms with van der Waals surface area (Å²) in [6.07, 6.45) is 5.78. The van der Waals surface area contributed by atoms with E-state index >= 15 is 0 Å². The van der Waals surface area contributed by atoms with Crippen LogP contribution in [0.1, 0.15) is 91.2 Å². The number of nitrogens with two attached hydrogens (primary N) is 3.